The third-order valence-corrected chi connectivity index (χ3v) is 5.97. The molecule has 0 aromatic carbocycles. The predicted molar refractivity (Wildman–Crippen MR) is 66.1 cm³/mol. The number of morpholine rings is 1. The molecular formula is C11H22N2O3S. The summed E-state index contributed by atoms with van der Waals surface area (Å²) < 4.78 is 32.0. The number of nitrogens with zero attached hydrogens (tertiary/aromatic N) is 1. The highest BCUT2D eigenvalue weighted by Gasteiger charge is 2.38. The molecule has 1 aliphatic carbocycles. The van der Waals surface area contributed by atoms with Crippen molar-refractivity contribution < 1.29 is 13.2 Å². The molecule has 2 unspecified atom stereocenters. The fourth-order valence-electron chi connectivity index (χ4n) is 2.74. The van der Waals surface area contributed by atoms with Crippen molar-refractivity contribution in [2.45, 2.75) is 50.1 Å². The lowest BCUT2D eigenvalue weighted by Gasteiger charge is -2.36. The van der Waals surface area contributed by atoms with Gasteiger partial charge in [0.1, 0.15) is 0 Å². The third kappa shape index (κ3) is 2.81. The zero-order valence-corrected chi connectivity index (χ0v) is 11.2. The maximum Gasteiger partial charge on any atom is 0.217 e. The topological polar surface area (TPSA) is 72.6 Å². The van der Waals surface area contributed by atoms with Crippen molar-refractivity contribution in [3.05, 3.63) is 0 Å². The van der Waals surface area contributed by atoms with E-state index in [1.165, 1.54) is 0 Å². The van der Waals surface area contributed by atoms with Crippen molar-refractivity contribution in [2.75, 3.05) is 19.6 Å². The molecule has 5 nitrogen and oxygen atoms in total. The second-order valence-electron chi connectivity index (χ2n) is 5.07. The van der Waals surface area contributed by atoms with Crippen molar-refractivity contribution in [1.29, 1.82) is 0 Å². The summed E-state index contributed by atoms with van der Waals surface area (Å²) in [7, 11) is -3.14. The lowest BCUT2D eigenvalue weighted by Crippen LogP contribution is -2.53. The van der Waals surface area contributed by atoms with Gasteiger partial charge in [0.15, 0.2) is 0 Å². The normalized spacial score (nSPS) is 33.1. The van der Waals surface area contributed by atoms with Gasteiger partial charge in [0.05, 0.1) is 17.5 Å². The molecule has 0 radical (unpaired) electrons. The number of hydrogen-bond donors (Lipinski definition) is 1. The first-order valence-electron chi connectivity index (χ1n) is 6.38. The molecule has 1 aliphatic heterocycles. The van der Waals surface area contributed by atoms with Crippen LogP contribution < -0.4 is 5.73 Å². The summed E-state index contributed by atoms with van der Waals surface area (Å²) in [6.45, 7) is 3.16. The van der Waals surface area contributed by atoms with Gasteiger partial charge >= 0.3 is 0 Å². The van der Waals surface area contributed by atoms with Crippen LogP contribution in [0.1, 0.15) is 32.6 Å². The van der Waals surface area contributed by atoms with E-state index >= 15 is 0 Å². The van der Waals surface area contributed by atoms with E-state index in [9.17, 15) is 8.42 Å². The van der Waals surface area contributed by atoms with Crippen LogP contribution in [0.15, 0.2) is 0 Å². The lowest BCUT2D eigenvalue weighted by atomic mass is 10.2. The summed E-state index contributed by atoms with van der Waals surface area (Å²) in [4.78, 5) is 0. The zero-order valence-electron chi connectivity index (χ0n) is 10.3. The molecule has 2 atom stereocenters. The van der Waals surface area contributed by atoms with Crippen LogP contribution in [0.25, 0.3) is 0 Å². The lowest BCUT2D eigenvalue weighted by molar-refractivity contribution is -0.0488. The zero-order chi connectivity index (χ0) is 12.5. The van der Waals surface area contributed by atoms with Crippen LogP contribution in [0.4, 0.5) is 0 Å². The van der Waals surface area contributed by atoms with Gasteiger partial charge in [0, 0.05) is 19.6 Å². The van der Waals surface area contributed by atoms with Crippen molar-refractivity contribution in [1.82, 2.24) is 4.31 Å². The molecular weight excluding hydrogens is 240 g/mol. The molecule has 0 amide bonds. The largest absolute Gasteiger partial charge is 0.371 e. The molecule has 0 aromatic heterocycles. The van der Waals surface area contributed by atoms with Gasteiger partial charge in [0.25, 0.3) is 0 Å². The van der Waals surface area contributed by atoms with E-state index < -0.39 is 10.0 Å². The number of rotatable bonds is 3. The molecule has 2 rings (SSSR count). The third-order valence-electron chi connectivity index (χ3n) is 3.64. The molecule has 100 valence electrons. The Morgan fingerprint density at radius 1 is 1.29 bits per heavy atom. The Bertz CT molecular complexity index is 352. The van der Waals surface area contributed by atoms with E-state index in [-0.39, 0.29) is 17.5 Å². The van der Waals surface area contributed by atoms with Crippen LogP contribution in [0.3, 0.4) is 0 Å². The highest BCUT2D eigenvalue weighted by atomic mass is 32.2. The SMILES string of the molecule is CC1CN(S(=O)(=O)C2CCCC2)CC(CN)O1. The first-order valence-corrected chi connectivity index (χ1v) is 7.89. The Balaban J connectivity index is 2.09. The van der Waals surface area contributed by atoms with Crippen LogP contribution in [-0.2, 0) is 14.8 Å². The fraction of sp³-hybridized carbons (Fsp3) is 1.00. The summed E-state index contributed by atoms with van der Waals surface area (Å²) in [5.74, 6) is 0. The molecule has 1 saturated carbocycles. The average Bonchev–Trinajstić information content (AvgIpc) is 2.82. The first kappa shape index (κ1) is 13.3. The second-order valence-corrected chi connectivity index (χ2v) is 7.29. The Kier molecular flexibility index (Phi) is 4.07. The van der Waals surface area contributed by atoms with Crippen LogP contribution in [0.2, 0.25) is 0 Å². The van der Waals surface area contributed by atoms with Crippen molar-refractivity contribution in [3.63, 3.8) is 0 Å². The van der Waals surface area contributed by atoms with Gasteiger partial charge in [-0.05, 0) is 19.8 Å². The molecule has 6 heteroatoms. The Morgan fingerprint density at radius 2 is 1.94 bits per heavy atom. The Labute approximate surface area is 103 Å². The van der Waals surface area contributed by atoms with E-state index in [2.05, 4.69) is 0 Å². The van der Waals surface area contributed by atoms with Gasteiger partial charge < -0.3 is 10.5 Å². The molecule has 2 aliphatic rings. The smallest absolute Gasteiger partial charge is 0.217 e. The molecule has 0 bridgehead atoms. The average molecular weight is 262 g/mol. The quantitative estimate of drug-likeness (QED) is 0.794. The maximum atomic E-state index is 12.4. The highest BCUT2D eigenvalue weighted by Crippen LogP contribution is 2.28. The minimum atomic E-state index is -3.14. The fourth-order valence-corrected chi connectivity index (χ4v) is 4.88. The summed E-state index contributed by atoms with van der Waals surface area (Å²) in [5.41, 5.74) is 5.58. The molecule has 2 fully saturated rings. The van der Waals surface area contributed by atoms with Gasteiger partial charge in [-0.25, -0.2) is 8.42 Å². The Hall–Kier alpha value is -0.170. The molecule has 17 heavy (non-hydrogen) atoms. The van der Waals surface area contributed by atoms with Crippen LogP contribution >= 0.6 is 0 Å². The van der Waals surface area contributed by atoms with Gasteiger partial charge in [-0.2, -0.15) is 4.31 Å². The van der Waals surface area contributed by atoms with Gasteiger partial charge in [-0.1, -0.05) is 12.8 Å². The number of ether oxygens (including phenoxy) is 1. The standard InChI is InChI=1S/C11H22N2O3S/c1-9-7-13(8-10(6-12)16-9)17(14,15)11-4-2-3-5-11/h9-11H,2-8,12H2,1H3. The van der Waals surface area contributed by atoms with E-state index in [0.717, 1.165) is 25.7 Å². The van der Waals surface area contributed by atoms with E-state index in [1.807, 2.05) is 6.92 Å². The molecule has 1 saturated heterocycles. The summed E-state index contributed by atoms with van der Waals surface area (Å²) in [6.07, 6.45) is 3.46. The maximum absolute atomic E-state index is 12.4. The van der Waals surface area contributed by atoms with Crippen LogP contribution in [0.5, 0.6) is 0 Å². The van der Waals surface area contributed by atoms with Gasteiger partial charge in [-0.15, -0.1) is 0 Å². The van der Waals surface area contributed by atoms with Gasteiger partial charge in [0.2, 0.25) is 10.0 Å². The van der Waals surface area contributed by atoms with E-state index in [4.69, 9.17) is 10.5 Å². The number of hydrogen-bond acceptors (Lipinski definition) is 4. The second kappa shape index (κ2) is 5.22. The predicted octanol–water partition coefficient (Wildman–Crippen LogP) is 0.307. The summed E-state index contributed by atoms with van der Waals surface area (Å²) >= 11 is 0. The monoisotopic (exact) mass is 262 g/mol. The van der Waals surface area contributed by atoms with Crippen LogP contribution in [0, 0.1) is 0 Å². The molecule has 0 aromatic rings. The van der Waals surface area contributed by atoms with Crippen molar-refractivity contribution in [2.24, 2.45) is 5.73 Å². The summed E-state index contributed by atoms with van der Waals surface area (Å²) in [6, 6.07) is 0. The van der Waals surface area contributed by atoms with Gasteiger partial charge in [-0.3, -0.25) is 0 Å². The summed E-state index contributed by atoms with van der Waals surface area (Å²) in [5, 5.41) is -0.175. The molecule has 2 N–H and O–H groups in total. The van der Waals surface area contributed by atoms with E-state index in [0.29, 0.717) is 19.6 Å². The highest BCUT2D eigenvalue weighted by molar-refractivity contribution is 7.89. The van der Waals surface area contributed by atoms with Crippen molar-refractivity contribution >= 4 is 10.0 Å². The first-order chi connectivity index (χ1) is 8.04. The molecule has 1 heterocycles. The van der Waals surface area contributed by atoms with Crippen LogP contribution in [-0.4, -0.2) is 49.8 Å². The number of sulfonamides is 1. The van der Waals surface area contributed by atoms with Crippen molar-refractivity contribution in [3.8, 4) is 0 Å². The minimum absolute atomic E-state index is 0.0616. The molecule has 0 spiro atoms. The number of nitrogens with two attached hydrogens (primary N) is 1. The van der Waals surface area contributed by atoms with E-state index in [1.54, 1.807) is 4.31 Å². The minimum Gasteiger partial charge on any atom is -0.371 e. The Morgan fingerprint density at radius 3 is 2.53 bits per heavy atom.